The molecule has 2 atom stereocenters. The van der Waals surface area contributed by atoms with E-state index in [1.54, 1.807) is 0 Å². The molecular formula is C10H17ClO2. The highest BCUT2D eigenvalue weighted by Crippen LogP contribution is 2.25. The Bertz CT molecular complexity index is 180. The first kappa shape index (κ1) is 11.0. The Morgan fingerprint density at radius 1 is 1.62 bits per heavy atom. The standard InChI is InChI=1S/C10H17ClO2/c1-7(2)10-5-8(3-4-13-10)9(12)6-11/h7-8,10H,3-6H2,1-2H3/t8-,10+/m1/s1. The zero-order chi connectivity index (χ0) is 9.84. The van der Waals surface area contributed by atoms with Crippen LogP contribution in [0.1, 0.15) is 26.7 Å². The van der Waals surface area contributed by atoms with E-state index in [0.29, 0.717) is 12.5 Å². The summed E-state index contributed by atoms with van der Waals surface area (Å²) in [5.41, 5.74) is 0. The van der Waals surface area contributed by atoms with Crippen molar-refractivity contribution in [1.29, 1.82) is 0 Å². The lowest BCUT2D eigenvalue weighted by Crippen LogP contribution is -2.33. The lowest BCUT2D eigenvalue weighted by atomic mass is 9.88. The molecule has 1 aliphatic heterocycles. The van der Waals surface area contributed by atoms with E-state index in [2.05, 4.69) is 13.8 Å². The van der Waals surface area contributed by atoms with Crippen molar-refractivity contribution in [3.63, 3.8) is 0 Å². The number of hydrogen-bond donors (Lipinski definition) is 0. The first-order chi connectivity index (χ1) is 6.15. The summed E-state index contributed by atoms with van der Waals surface area (Å²) in [7, 11) is 0. The minimum Gasteiger partial charge on any atom is -0.378 e. The molecule has 0 aromatic rings. The van der Waals surface area contributed by atoms with E-state index in [1.165, 1.54) is 0 Å². The minimum absolute atomic E-state index is 0.138. The van der Waals surface area contributed by atoms with Gasteiger partial charge in [-0.3, -0.25) is 4.79 Å². The smallest absolute Gasteiger partial charge is 0.150 e. The molecule has 0 unspecified atom stereocenters. The van der Waals surface area contributed by atoms with Crippen LogP contribution >= 0.6 is 11.6 Å². The third kappa shape index (κ3) is 2.96. The van der Waals surface area contributed by atoms with Crippen molar-refractivity contribution in [3.05, 3.63) is 0 Å². The Balaban J connectivity index is 2.46. The number of ether oxygens (including phenoxy) is 1. The summed E-state index contributed by atoms with van der Waals surface area (Å²) in [5.74, 6) is 0.954. The molecule has 76 valence electrons. The average Bonchev–Trinajstić information content (AvgIpc) is 2.17. The van der Waals surface area contributed by atoms with E-state index in [1.807, 2.05) is 0 Å². The first-order valence-electron chi connectivity index (χ1n) is 4.85. The van der Waals surface area contributed by atoms with E-state index < -0.39 is 0 Å². The second-order valence-corrected chi connectivity index (χ2v) is 4.24. The van der Waals surface area contributed by atoms with Crippen LogP contribution in [0.3, 0.4) is 0 Å². The van der Waals surface area contributed by atoms with Crippen molar-refractivity contribution in [3.8, 4) is 0 Å². The van der Waals surface area contributed by atoms with Crippen LogP contribution in [0, 0.1) is 11.8 Å². The Morgan fingerprint density at radius 2 is 2.31 bits per heavy atom. The molecule has 0 amide bonds. The number of alkyl halides is 1. The number of ketones is 1. The van der Waals surface area contributed by atoms with Gasteiger partial charge in [0.15, 0.2) is 5.78 Å². The van der Waals surface area contributed by atoms with E-state index in [-0.39, 0.29) is 23.7 Å². The lowest BCUT2D eigenvalue weighted by Gasteiger charge is -2.30. The quantitative estimate of drug-likeness (QED) is 0.660. The molecule has 0 N–H and O–H groups in total. The molecule has 0 aromatic carbocycles. The molecule has 0 spiro atoms. The summed E-state index contributed by atoms with van der Waals surface area (Å²) in [6.45, 7) is 4.95. The van der Waals surface area contributed by atoms with E-state index in [9.17, 15) is 4.79 Å². The first-order valence-corrected chi connectivity index (χ1v) is 5.39. The normalized spacial score (nSPS) is 29.2. The number of rotatable bonds is 3. The molecule has 1 aliphatic rings. The highest BCUT2D eigenvalue weighted by atomic mass is 35.5. The third-order valence-corrected chi connectivity index (χ3v) is 2.91. The van der Waals surface area contributed by atoms with Gasteiger partial charge in [-0.1, -0.05) is 13.8 Å². The monoisotopic (exact) mass is 204 g/mol. The van der Waals surface area contributed by atoms with Crippen LogP contribution in [0.15, 0.2) is 0 Å². The van der Waals surface area contributed by atoms with Crippen LogP contribution in [0.5, 0.6) is 0 Å². The van der Waals surface area contributed by atoms with Gasteiger partial charge in [-0.2, -0.15) is 0 Å². The van der Waals surface area contributed by atoms with Gasteiger partial charge in [0.05, 0.1) is 12.0 Å². The van der Waals surface area contributed by atoms with Gasteiger partial charge in [-0.25, -0.2) is 0 Å². The molecule has 13 heavy (non-hydrogen) atoms. The number of Topliss-reactive ketones (excluding diaryl/α,β-unsaturated/α-hetero) is 1. The second kappa shape index (κ2) is 4.97. The van der Waals surface area contributed by atoms with Crippen molar-refractivity contribution < 1.29 is 9.53 Å². The summed E-state index contributed by atoms with van der Waals surface area (Å²) in [4.78, 5) is 11.3. The highest BCUT2D eigenvalue weighted by molar-refractivity contribution is 6.27. The van der Waals surface area contributed by atoms with Crippen molar-refractivity contribution in [2.75, 3.05) is 12.5 Å². The Kier molecular flexibility index (Phi) is 4.20. The molecule has 0 saturated carbocycles. The molecule has 0 bridgehead atoms. The van der Waals surface area contributed by atoms with Gasteiger partial charge in [-0.15, -0.1) is 11.6 Å². The van der Waals surface area contributed by atoms with Crippen LogP contribution in [0.2, 0.25) is 0 Å². The fraction of sp³-hybridized carbons (Fsp3) is 0.900. The van der Waals surface area contributed by atoms with Crippen LogP contribution in [0.4, 0.5) is 0 Å². The van der Waals surface area contributed by atoms with Crippen LogP contribution in [-0.4, -0.2) is 24.4 Å². The average molecular weight is 205 g/mol. The van der Waals surface area contributed by atoms with Crippen LogP contribution < -0.4 is 0 Å². The second-order valence-electron chi connectivity index (χ2n) is 3.97. The van der Waals surface area contributed by atoms with Crippen molar-refractivity contribution >= 4 is 17.4 Å². The predicted octanol–water partition coefficient (Wildman–Crippen LogP) is 2.25. The molecule has 0 aromatic heterocycles. The van der Waals surface area contributed by atoms with Gasteiger partial charge in [0.2, 0.25) is 0 Å². The minimum atomic E-state index is 0.138. The molecule has 0 radical (unpaired) electrons. The van der Waals surface area contributed by atoms with Gasteiger partial charge in [-0.05, 0) is 18.8 Å². The molecular weight excluding hydrogens is 188 g/mol. The summed E-state index contributed by atoms with van der Waals surface area (Å²) in [6.07, 6.45) is 1.93. The molecule has 2 nitrogen and oxygen atoms in total. The van der Waals surface area contributed by atoms with Gasteiger partial charge in [0.1, 0.15) is 0 Å². The third-order valence-electron chi connectivity index (χ3n) is 2.65. The van der Waals surface area contributed by atoms with Crippen molar-refractivity contribution in [1.82, 2.24) is 0 Å². The molecule has 1 saturated heterocycles. The topological polar surface area (TPSA) is 26.3 Å². The maximum Gasteiger partial charge on any atom is 0.150 e. The fourth-order valence-corrected chi connectivity index (χ4v) is 1.91. The van der Waals surface area contributed by atoms with Gasteiger partial charge >= 0.3 is 0 Å². The van der Waals surface area contributed by atoms with Crippen molar-refractivity contribution in [2.45, 2.75) is 32.8 Å². The number of carbonyl (C=O) groups excluding carboxylic acids is 1. The van der Waals surface area contributed by atoms with E-state index >= 15 is 0 Å². The highest BCUT2D eigenvalue weighted by Gasteiger charge is 2.28. The largest absolute Gasteiger partial charge is 0.378 e. The summed E-state index contributed by atoms with van der Waals surface area (Å²) >= 11 is 5.52. The molecule has 1 fully saturated rings. The summed E-state index contributed by atoms with van der Waals surface area (Å²) in [5, 5.41) is 0. The molecule has 1 rings (SSSR count). The molecule has 3 heteroatoms. The Hall–Kier alpha value is -0.0800. The summed E-state index contributed by atoms with van der Waals surface area (Å²) < 4.78 is 5.57. The predicted molar refractivity (Wildman–Crippen MR) is 53.0 cm³/mol. The number of halogens is 1. The van der Waals surface area contributed by atoms with Crippen LogP contribution in [-0.2, 0) is 9.53 Å². The fourth-order valence-electron chi connectivity index (χ4n) is 1.69. The lowest BCUT2D eigenvalue weighted by molar-refractivity contribution is -0.126. The summed E-state index contributed by atoms with van der Waals surface area (Å²) in [6, 6.07) is 0. The maximum absolute atomic E-state index is 11.3. The molecule has 1 heterocycles. The SMILES string of the molecule is CC(C)[C@@H]1C[C@H](C(=O)CCl)CCO1. The van der Waals surface area contributed by atoms with Gasteiger partial charge in [0.25, 0.3) is 0 Å². The maximum atomic E-state index is 11.3. The van der Waals surface area contributed by atoms with Crippen molar-refractivity contribution in [2.24, 2.45) is 11.8 Å². The Morgan fingerprint density at radius 3 is 2.85 bits per heavy atom. The Labute approximate surface area is 84.6 Å². The van der Waals surface area contributed by atoms with E-state index in [4.69, 9.17) is 16.3 Å². The molecule has 0 aliphatic carbocycles. The number of carbonyl (C=O) groups is 1. The van der Waals surface area contributed by atoms with Gasteiger partial charge in [0, 0.05) is 12.5 Å². The zero-order valence-corrected chi connectivity index (χ0v) is 9.01. The van der Waals surface area contributed by atoms with Crippen LogP contribution in [0.25, 0.3) is 0 Å². The number of hydrogen-bond acceptors (Lipinski definition) is 2. The van der Waals surface area contributed by atoms with E-state index in [0.717, 1.165) is 12.8 Å². The zero-order valence-electron chi connectivity index (χ0n) is 8.25. The van der Waals surface area contributed by atoms with Gasteiger partial charge < -0.3 is 4.74 Å².